The molecule has 0 spiro atoms. The number of nitrogens with one attached hydrogen (secondary N) is 1. The van der Waals surface area contributed by atoms with E-state index in [0.29, 0.717) is 6.04 Å². The summed E-state index contributed by atoms with van der Waals surface area (Å²) in [6.45, 7) is 5.76. The molecule has 1 aliphatic heterocycles. The van der Waals surface area contributed by atoms with E-state index in [1.54, 1.807) is 0 Å². The van der Waals surface area contributed by atoms with Gasteiger partial charge in [-0.25, -0.2) is 0 Å². The minimum absolute atomic E-state index is 0.0347. The lowest BCUT2D eigenvalue weighted by Crippen LogP contribution is -2.32. The molecular formula is C15H23NO2. The van der Waals surface area contributed by atoms with Crippen molar-refractivity contribution in [1.82, 2.24) is 5.32 Å². The lowest BCUT2D eigenvalue weighted by Gasteiger charge is -2.20. The molecule has 1 heterocycles. The molecule has 3 nitrogen and oxygen atoms in total. The Morgan fingerprint density at radius 1 is 1.28 bits per heavy atom. The Kier molecular flexibility index (Phi) is 4.75. The summed E-state index contributed by atoms with van der Waals surface area (Å²) in [5, 5.41) is 3.36. The van der Waals surface area contributed by atoms with Crippen molar-refractivity contribution in [2.75, 3.05) is 20.3 Å². The zero-order valence-electron chi connectivity index (χ0n) is 11.5. The lowest BCUT2D eigenvalue weighted by molar-refractivity contribution is -0.0522. The Labute approximate surface area is 109 Å². The molecule has 18 heavy (non-hydrogen) atoms. The third kappa shape index (κ3) is 3.55. The van der Waals surface area contributed by atoms with E-state index in [1.807, 2.05) is 7.05 Å². The van der Waals surface area contributed by atoms with Crippen LogP contribution >= 0.6 is 0 Å². The summed E-state index contributed by atoms with van der Waals surface area (Å²) in [7, 11) is 2.00. The van der Waals surface area contributed by atoms with Gasteiger partial charge in [0.2, 0.25) is 0 Å². The molecule has 1 N–H and O–H groups in total. The summed E-state index contributed by atoms with van der Waals surface area (Å²) < 4.78 is 11.0. The van der Waals surface area contributed by atoms with Gasteiger partial charge in [0.1, 0.15) is 0 Å². The van der Waals surface area contributed by atoms with Crippen LogP contribution in [0.15, 0.2) is 18.2 Å². The summed E-state index contributed by atoms with van der Waals surface area (Å²) in [6, 6.07) is 7.03. The standard InChI is InChI=1S/C15H23NO2/c1-11-4-5-12(2)13(8-11)9-14(16-3)10-15-17-6-7-18-15/h4-5,8,14-16H,6-7,9-10H2,1-3H3. The Balaban J connectivity index is 1.98. The van der Waals surface area contributed by atoms with Crippen molar-refractivity contribution in [2.45, 2.75) is 39.0 Å². The Morgan fingerprint density at radius 3 is 2.67 bits per heavy atom. The average Bonchev–Trinajstić information content (AvgIpc) is 2.85. The highest BCUT2D eigenvalue weighted by molar-refractivity contribution is 5.31. The summed E-state index contributed by atoms with van der Waals surface area (Å²) >= 11 is 0. The van der Waals surface area contributed by atoms with E-state index in [2.05, 4.69) is 37.4 Å². The van der Waals surface area contributed by atoms with Gasteiger partial charge in [-0.1, -0.05) is 23.8 Å². The second kappa shape index (κ2) is 6.32. The maximum Gasteiger partial charge on any atom is 0.159 e. The normalized spacial score (nSPS) is 18.2. The average molecular weight is 249 g/mol. The number of hydrogen-bond acceptors (Lipinski definition) is 3. The Bertz CT molecular complexity index is 386. The van der Waals surface area contributed by atoms with Crippen molar-refractivity contribution in [1.29, 1.82) is 0 Å². The SMILES string of the molecule is CNC(Cc1cc(C)ccc1C)CC1OCCO1. The molecular weight excluding hydrogens is 226 g/mol. The topological polar surface area (TPSA) is 30.5 Å². The largest absolute Gasteiger partial charge is 0.350 e. The maximum absolute atomic E-state index is 5.51. The van der Waals surface area contributed by atoms with Crippen molar-refractivity contribution in [3.8, 4) is 0 Å². The van der Waals surface area contributed by atoms with Gasteiger partial charge < -0.3 is 14.8 Å². The van der Waals surface area contributed by atoms with Gasteiger partial charge in [-0.3, -0.25) is 0 Å². The van der Waals surface area contributed by atoms with E-state index in [1.165, 1.54) is 16.7 Å². The zero-order valence-corrected chi connectivity index (χ0v) is 11.5. The summed E-state index contributed by atoms with van der Waals surface area (Å²) in [4.78, 5) is 0. The minimum atomic E-state index is -0.0347. The monoisotopic (exact) mass is 249 g/mol. The Hall–Kier alpha value is -0.900. The molecule has 3 heteroatoms. The van der Waals surface area contributed by atoms with Gasteiger partial charge in [-0.15, -0.1) is 0 Å². The molecule has 1 aliphatic rings. The molecule has 0 aliphatic carbocycles. The van der Waals surface area contributed by atoms with Crippen molar-refractivity contribution in [3.63, 3.8) is 0 Å². The van der Waals surface area contributed by atoms with Crippen LogP contribution in [0, 0.1) is 13.8 Å². The van der Waals surface area contributed by atoms with Gasteiger partial charge in [0.05, 0.1) is 13.2 Å². The number of hydrogen-bond donors (Lipinski definition) is 1. The first-order valence-corrected chi connectivity index (χ1v) is 6.65. The van der Waals surface area contributed by atoms with E-state index in [4.69, 9.17) is 9.47 Å². The fourth-order valence-electron chi connectivity index (χ4n) is 2.36. The van der Waals surface area contributed by atoms with Crippen LogP contribution in [0.4, 0.5) is 0 Å². The number of benzene rings is 1. The minimum Gasteiger partial charge on any atom is -0.350 e. The van der Waals surface area contributed by atoms with Crippen molar-refractivity contribution < 1.29 is 9.47 Å². The molecule has 0 radical (unpaired) electrons. The predicted molar refractivity (Wildman–Crippen MR) is 72.8 cm³/mol. The van der Waals surface area contributed by atoms with Crippen LogP contribution in [0.1, 0.15) is 23.1 Å². The molecule has 1 atom stereocenters. The molecule has 1 unspecified atom stereocenters. The van der Waals surface area contributed by atoms with Crippen LogP contribution < -0.4 is 5.32 Å². The zero-order chi connectivity index (χ0) is 13.0. The van der Waals surface area contributed by atoms with Crippen molar-refractivity contribution in [3.05, 3.63) is 34.9 Å². The van der Waals surface area contributed by atoms with E-state index >= 15 is 0 Å². The number of rotatable bonds is 5. The molecule has 1 aromatic carbocycles. The first kappa shape index (κ1) is 13.5. The molecule has 100 valence electrons. The van der Waals surface area contributed by atoms with Gasteiger partial charge in [-0.05, 0) is 38.4 Å². The van der Waals surface area contributed by atoms with Crippen LogP contribution in [0.3, 0.4) is 0 Å². The molecule has 1 saturated heterocycles. The van der Waals surface area contributed by atoms with Crippen LogP contribution in [0.5, 0.6) is 0 Å². The molecule has 1 fully saturated rings. The van der Waals surface area contributed by atoms with Crippen LogP contribution in [-0.2, 0) is 15.9 Å². The Morgan fingerprint density at radius 2 is 2.00 bits per heavy atom. The number of aryl methyl sites for hydroxylation is 2. The highest BCUT2D eigenvalue weighted by Gasteiger charge is 2.21. The molecule has 0 aromatic heterocycles. The summed E-state index contributed by atoms with van der Waals surface area (Å²) in [6.07, 6.45) is 1.89. The maximum atomic E-state index is 5.51. The van der Waals surface area contributed by atoms with E-state index in [0.717, 1.165) is 26.1 Å². The molecule has 0 bridgehead atoms. The fraction of sp³-hybridized carbons (Fsp3) is 0.600. The van der Waals surface area contributed by atoms with Crippen LogP contribution in [-0.4, -0.2) is 32.6 Å². The van der Waals surface area contributed by atoms with Crippen LogP contribution in [0.25, 0.3) is 0 Å². The van der Waals surface area contributed by atoms with Crippen molar-refractivity contribution >= 4 is 0 Å². The third-order valence-corrected chi connectivity index (χ3v) is 3.55. The van der Waals surface area contributed by atoms with Gasteiger partial charge in [0.15, 0.2) is 6.29 Å². The van der Waals surface area contributed by atoms with E-state index < -0.39 is 0 Å². The highest BCUT2D eigenvalue weighted by Crippen LogP contribution is 2.17. The summed E-state index contributed by atoms with van der Waals surface area (Å²) in [5.74, 6) is 0. The molecule has 2 rings (SSSR count). The van der Waals surface area contributed by atoms with Gasteiger partial charge >= 0.3 is 0 Å². The summed E-state index contributed by atoms with van der Waals surface area (Å²) in [5.41, 5.74) is 4.08. The van der Waals surface area contributed by atoms with Gasteiger partial charge in [-0.2, -0.15) is 0 Å². The van der Waals surface area contributed by atoms with Crippen molar-refractivity contribution in [2.24, 2.45) is 0 Å². The number of likely N-dealkylation sites (N-methyl/N-ethyl adjacent to an activating group) is 1. The van der Waals surface area contributed by atoms with E-state index in [9.17, 15) is 0 Å². The first-order chi connectivity index (χ1) is 8.69. The first-order valence-electron chi connectivity index (χ1n) is 6.65. The highest BCUT2D eigenvalue weighted by atomic mass is 16.7. The van der Waals surface area contributed by atoms with Gasteiger partial charge in [0, 0.05) is 12.5 Å². The van der Waals surface area contributed by atoms with Crippen LogP contribution in [0.2, 0.25) is 0 Å². The lowest BCUT2D eigenvalue weighted by atomic mass is 9.97. The molecule has 0 amide bonds. The molecule has 1 aromatic rings. The smallest absolute Gasteiger partial charge is 0.159 e. The molecule has 0 saturated carbocycles. The van der Waals surface area contributed by atoms with E-state index in [-0.39, 0.29) is 6.29 Å². The fourth-order valence-corrected chi connectivity index (χ4v) is 2.36. The predicted octanol–water partition coefficient (Wildman–Crippen LogP) is 2.20. The quantitative estimate of drug-likeness (QED) is 0.868. The number of ether oxygens (including phenoxy) is 2. The van der Waals surface area contributed by atoms with Gasteiger partial charge in [0.25, 0.3) is 0 Å². The third-order valence-electron chi connectivity index (χ3n) is 3.55. The second-order valence-electron chi connectivity index (χ2n) is 5.03. The second-order valence-corrected chi connectivity index (χ2v) is 5.03.